The maximum absolute atomic E-state index is 6.14. The first kappa shape index (κ1) is 12.4. The van der Waals surface area contributed by atoms with Crippen LogP contribution in [0.4, 0.5) is 0 Å². The van der Waals surface area contributed by atoms with Crippen molar-refractivity contribution in [3.63, 3.8) is 0 Å². The fraction of sp³-hybridized carbons (Fsp3) is 0. The van der Waals surface area contributed by atoms with Gasteiger partial charge < -0.3 is 9.97 Å². The molecule has 0 fully saturated rings. The largest absolute Gasteiger partial charge is 0.353 e. The number of aromatic nitrogens is 2. The Labute approximate surface area is 135 Å². The van der Waals surface area contributed by atoms with Crippen LogP contribution < -0.4 is 0 Å². The third-order valence-corrected chi connectivity index (χ3v) is 4.74. The maximum Gasteiger partial charge on any atom is 0.0710 e. The summed E-state index contributed by atoms with van der Waals surface area (Å²) in [5, 5.41) is 6.11. The van der Waals surface area contributed by atoms with Crippen molar-refractivity contribution in [1.29, 1.82) is 0 Å². The Bertz CT molecular complexity index is 1100. The minimum Gasteiger partial charge on any atom is -0.353 e. The Balaban J connectivity index is 2.03. The van der Waals surface area contributed by atoms with Crippen LogP contribution in [0.2, 0.25) is 10.0 Å². The van der Waals surface area contributed by atoms with Crippen molar-refractivity contribution in [1.82, 2.24) is 9.97 Å². The van der Waals surface area contributed by atoms with Gasteiger partial charge in [0, 0.05) is 42.6 Å². The van der Waals surface area contributed by atoms with E-state index in [1.807, 2.05) is 36.4 Å². The topological polar surface area (TPSA) is 31.6 Å². The Morgan fingerprint density at radius 1 is 0.545 bits per heavy atom. The highest BCUT2D eigenvalue weighted by atomic mass is 35.5. The van der Waals surface area contributed by atoms with E-state index in [2.05, 4.69) is 22.1 Å². The predicted molar refractivity (Wildman–Crippen MR) is 95.2 cm³/mol. The quantitative estimate of drug-likeness (QED) is 0.337. The molecule has 0 radical (unpaired) electrons. The zero-order valence-electron chi connectivity index (χ0n) is 11.4. The van der Waals surface area contributed by atoms with Crippen LogP contribution in [0.25, 0.3) is 43.6 Å². The molecule has 2 N–H and O–H groups in total. The average Bonchev–Trinajstić information content (AvgIpc) is 3.05. The van der Waals surface area contributed by atoms with Gasteiger partial charge in [0.05, 0.1) is 11.0 Å². The Morgan fingerprint density at radius 3 is 1.45 bits per heavy atom. The first-order valence-electron chi connectivity index (χ1n) is 7.01. The number of fused-ring (bicyclic) bond motifs is 7. The van der Waals surface area contributed by atoms with Crippen molar-refractivity contribution in [2.45, 2.75) is 0 Å². The number of halogens is 2. The highest BCUT2D eigenvalue weighted by molar-refractivity contribution is 6.33. The van der Waals surface area contributed by atoms with E-state index in [4.69, 9.17) is 23.2 Å². The maximum atomic E-state index is 6.14. The second-order valence-electron chi connectivity index (χ2n) is 5.54. The van der Waals surface area contributed by atoms with Gasteiger partial charge in [-0.25, -0.2) is 0 Å². The molecule has 0 bridgehead atoms. The zero-order valence-corrected chi connectivity index (χ0v) is 12.9. The van der Waals surface area contributed by atoms with E-state index in [1.165, 1.54) is 10.8 Å². The van der Waals surface area contributed by atoms with E-state index in [1.54, 1.807) is 0 Å². The number of nitrogens with one attached hydrogen (secondary N) is 2. The minimum atomic E-state index is 0.747. The normalized spacial score (nSPS) is 12.1. The van der Waals surface area contributed by atoms with Crippen molar-refractivity contribution < 1.29 is 0 Å². The minimum absolute atomic E-state index is 0.747. The molecule has 2 aromatic heterocycles. The van der Waals surface area contributed by atoms with Gasteiger partial charge in [-0.1, -0.05) is 35.3 Å². The molecule has 5 aromatic rings. The highest BCUT2D eigenvalue weighted by Crippen LogP contribution is 2.36. The van der Waals surface area contributed by atoms with Crippen LogP contribution in [0, 0.1) is 0 Å². The summed E-state index contributed by atoms with van der Waals surface area (Å²) in [6.07, 6.45) is 0. The SMILES string of the molecule is Clc1ccc2[nH]c3c(ccc4c5cc(Cl)ccc5[nH]c43)c2c1. The van der Waals surface area contributed by atoms with Gasteiger partial charge in [0.2, 0.25) is 0 Å². The number of H-pyrrole nitrogens is 2. The molecule has 0 aliphatic rings. The molecule has 0 saturated heterocycles. The zero-order chi connectivity index (χ0) is 14.8. The van der Waals surface area contributed by atoms with Crippen LogP contribution in [0.15, 0.2) is 48.5 Å². The van der Waals surface area contributed by atoms with Crippen molar-refractivity contribution in [2.24, 2.45) is 0 Å². The first-order valence-corrected chi connectivity index (χ1v) is 7.77. The molecule has 0 spiro atoms. The molecule has 2 heterocycles. The van der Waals surface area contributed by atoms with Crippen LogP contribution >= 0.6 is 23.2 Å². The van der Waals surface area contributed by atoms with E-state index in [9.17, 15) is 0 Å². The lowest BCUT2D eigenvalue weighted by Gasteiger charge is -1.95. The summed E-state index contributed by atoms with van der Waals surface area (Å²) in [4.78, 5) is 7.00. The molecule has 3 aromatic carbocycles. The second-order valence-corrected chi connectivity index (χ2v) is 6.41. The molecule has 106 valence electrons. The van der Waals surface area contributed by atoms with Crippen molar-refractivity contribution in [3.05, 3.63) is 58.6 Å². The third-order valence-electron chi connectivity index (χ3n) is 4.27. The summed E-state index contributed by atoms with van der Waals surface area (Å²) in [7, 11) is 0. The number of hydrogen-bond donors (Lipinski definition) is 2. The van der Waals surface area contributed by atoms with Crippen LogP contribution in [0.5, 0.6) is 0 Å². The molecular formula is C18H10Cl2N2. The molecule has 2 nitrogen and oxygen atoms in total. The van der Waals surface area contributed by atoms with E-state index in [0.29, 0.717) is 0 Å². The van der Waals surface area contributed by atoms with E-state index in [-0.39, 0.29) is 0 Å². The van der Waals surface area contributed by atoms with Gasteiger partial charge in [0.1, 0.15) is 0 Å². The molecule has 0 amide bonds. The van der Waals surface area contributed by atoms with Gasteiger partial charge in [-0.05, 0) is 36.4 Å². The van der Waals surface area contributed by atoms with Crippen molar-refractivity contribution >= 4 is 66.8 Å². The molecule has 0 aliphatic carbocycles. The predicted octanol–water partition coefficient (Wildman–Crippen LogP) is 6.26. The molecule has 4 heteroatoms. The summed E-state index contributed by atoms with van der Waals surface area (Å²) >= 11 is 12.3. The van der Waals surface area contributed by atoms with Crippen LogP contribution in [-0.2, 0) is 0 Å². The van der Waals surface area contributed by atoms with Gasteiger partial charge in [-0.2, -0.15) is 0 Å². The molecule has 5 rings (SSSR count). The van der Waals surface area contributed by atoms with Crippen molar-refractivity contribution in [2.75, 3.05) is 0 Å². The molecule has 0 aliphatic heterocycles. The summed E-state index contributed by atoms with van der Waals surface area (Å²) in [5.74, 6) is 0. The Kier molecular flexibility index (Phi) is 2.36. The molecular weight excluding hydrogens is 315 g/mol. The fourth-order valence-electron chi connectivity index (χ4n) is 3.28. The highest BCUT2D eigenvalue weighted by Gasteiger charge is 2.12. The lowest BCUT2D eigenvalue weighted by molar-refractivity contribution is 1.51. The second kappa shape index (κ2) is 4.19. The van der Waals surface area contributed by atoms with Gasteiger partial charge in [-0.3, -0.25) is 0 Å². The number of benzene rings is 3. The number of rotatable bonds is 0. The first-order chi connectivity index (χ1) is 10.7. The fourth-order valence-corrected chi connectivity index (χ4v) is 3.62. The Morgan fingerprint density at radius 2 is 1.00 bits per heavy atom. The van der Waals surface area contributed by atoms with E-state index in [0.717, 1.165) is 42.9 Å². The average molecular weight is 325 g/mol. The number of hydrogen-bond acceptors (Lipinski definition) is 0. The molecule has 0 unspecified atom stereocenters. The van der Waals surface area contributed by atoms with Gasteiger partial charge in [-0.15, -0.1) is 0 Å². The van der Waals surface area contributed by atoms with Crippen molar-refractivity contribution in [3.8, 4) is 0 Å². The third kappa shape index (κ3) is 1.57. The molecule has 0 saturated carbocycles. The number of aromatic amines is 2. The standard InChI is InChI=1S/C18H10Cl2N2/c19-9-1-5-15-13(7-9)11-3-4-12-14-8-10(20)2-6-16(14)22-18(12)17(11)21-15/h1-8,21-22H. The molecule has 22 heavy (non-hydrogen) atoms. The summed E-state index contributed by atoms with van der Waals surface area (Å²) in [6, 6.07) is 16.1. The van der Waals surface area contributed by atoms with Crippen LogP contribution in [0.3, 0.4) is 0 Å². The van der Waals surface area contributed by atoms with E-state index >= 15 is 0 Å². The Hall–Kier alpha value is -2.16. The summed E-state index contributed by atoms with van der Waals surface area (Å²) in [6.45, 7) is 0. The lowest BCUT2D eigenvalue weighted by Crippen LogP contribution is -1.72. The monoisotopic (exact) mass is 324 g/mol. The van der Waals surface area contributed by atoms with Gasteiger partial charge in [0.15, 0.2) is 0 Å². The van der Waals surface area contributed by atoms with Crippen LogP contribution in [-0.4, -0.2) is 9.97 Å². The van der Waals surface area contributed by atoms with E-state index < -0.39 is 0 Å². The van der Waals surface area contributed by atoms with Crippen LogP contribution in [0.1, 0.15) is 0 Å². The van der Waals surface area contributed by atoms with Gasteiger partial charge in [0.25, 0.3) is 0 Å². The summed E-state index contributed by atoms with van der Waals surface area (Å²) < 4.78 is 0. The molecule has 0 atom stereocenters. The van der Waals surface area contributed by atoms with Gasteiger partial charge >= 0.3 is 0 Å². The lowest BCUT2D eigenvalue weighted by atomic mass is 10.1. The smallest absolute Gasteiger partial charge is 0.0710 e. The summed E-state index contributed by atoms with van der Waals surface area (Å²) in [5.41, 5.74) is 4.37.